The number of rotatable bonds is 4. The third-order valence-corrected chi connectivity index (χ3v) is 3.65. The normalized spacial score (nSPS) is 20.2. The van der Waals surface area contributed by atoms with Crippen molar-refractivity contribution in [1.29, 1.82) is 0 Å². The van der Waals surface area contributed by atoms with Crippen LogP contribution in [0, 0.1) is 11.6 Å². The minimum Gasteiger partial charge on any atom is -0.387 e. The van der Waals surface area contributed by atoms with Gasteiger partial charge in [0.2, 0.25) is 0 Å². The summed E-state index contributed by atoms with van der Waals surface area (Å²) in [6, 6.07) is 3.59. The van der Waals surface area contributed by atoms with Crippen LogP contribution in [0.4, 0.5) is 8.78 Å². The number of β-amino-alcohol motifs (C(OH)–C–C–N with tert-alkyl or cyclic N) is 1. The van der Waals surface area contributed by atoms with Crippen LogP contribution in [0.5, 0.6) is 0 Å². The molecule has 1 saturated heterocycles. The largest absolute Gasteiger partial charge is 0.387 e. The summed E-state index contributed by atoms with van der Waals surface area (Å²) in [7, 11) is 0. The van der Waals surface area contributed by atoms with Gasteiger partial charge < -0.3 is 15.2 Å². The molecule has 0 radical (unpaired) electrons. The topological polar surface area (TPSA) is 41.5 Å². The zero-order valence-electron chi connectivity index (χ0n) is 11.0. The van der Waals surface area contributed by atoms with Crippen LogP contribution in [-0.2, 0) is 4.74 Å². The van der Waals surface area contributed by atoms with Gasteiger partial charge in [-0.15, -0.1) is 0 Å². The smallest absolute Gasteiger partial charge is 0.131 e. The SMILES string of the molecule is CC1(NCC(O)c2c(F)cccc2F)CCOCC1. The molecule has 106 valence electrons. The van der Waals surface area contributed by atoms with Gasteiger partial charge in [0, 0.05) is 25.3 Å². The lowest BCUT2D eigenvalue weighted by Gasteiger charge is -2.35. The van der Waals surface area contributed by atoms with E-state index in [1.165, 1.54) is 6.07 Å². The Labute approximate surface area is 111 Å². The van der Waals surface area contributed by atoms with Crippen molar-refractivity contribution in [1.82, 2.24) is 5.32 Å². The van der Waals surface area contributed by atoms with Gasteiger partial charge in [-0.2, -0.15) is 0 Å². The summed E-state index contributed by atoms with van der Waals surface area (Å²) >= 11 is 0. The lowest BCUT2D eigenvalue weighted by molar-refractivity contribution is 0.0383. The molecule has 1 aromatic carbocycles. The maximum atomic E-state index is 13.5. The van der Waals surface area contributed by atoms with E-state index >= 15 is 0 Å². The molecule has 1 aliphatic rings. The van der Waals surface area contributed by atoms with Crippen LogP contribution in [0.25, 0.3) is 0 Å². The second-order valence-corrected chi connectivity index (χ2v) is 5.21. The molecule has 0 aromatic heterocycles. The Morgan fingerprint density at radius 3 is 2.47 bits per heavy atom. The van der Waals surface area contributed by atoms with Crippen molar-refractivity contribution >= 4 is 0 Å². The Bertz CT molecular complexity index is 413. The maximum Gasteiger partial charge on any atom is 0.131 e. The Kier molecular flexibility index (Phi) is 4.50. The first-order chi connectivity index (χ1) is 9.02. The van der Waals surface area contributed by atoms with E-state index in [0.29, 0.717) is 13.2 Å². The molecule has 0 spiro atoms. The maximum absolute atomic E-state index is 13.5. The van der Waals surface area contributed by atoms with Crippen LogP contribution in [0.3, 0.4) is 0 Å². The van der Waals surface area contributed by atoms with E-state index in [-0.39, 0.29) is 17.6 Å². The minimum absolute atomic E-state index is 0.119. The fourth-order valence-electron chi connectivity index (χ4n) is 2.27. The quantitative estimate of drug-likeness (QED) is 0.881. The molecule has 2 rings (SSSR count). The van der Waals surface area contributed by atoms with E-state index in [1.807, 2.05) is 6.92 Å². The third-order valence-electron chi connectivity index (χ3n) is 3.65. The standard InChI is InChI=1S/C14H19F2NO2/c1-14(5-7-19-8-6-14)17-9-12(18)13-10(15)3-2-4-11(13)16/h2-4,12,17-18H,5-9H2,1H3. The van der Waals surface area contributed by atoms with Crippen molar-refractivity contribution in [2.45, 2.75) is 31.4 Å². The number of benzene rings is 1. The van der Waals surface area contributed by atoms with E-state index in [4.69, 9.17) is 4.74 Å². The summed E-state index contributed by atoms with van der Waals surface area (Å²) in [5.74, 6) is -1.43. The number of hydrogen-bond acceptors (Lipinski definition) is 3. The van der Waals surface area contributed by atoms with Crippen LogP contribution in [0.15, 0.2) is 18.2 Å². The average Bonchev–Trinajstić information content (AvgIpc) is 2.37. The molecular weight excluding hydrogens is 252 g/mol. The molecule has 2 N–H and O–H groups in total. The minimum atomic E-state index is -1.19. The van der Waals surface area contributed by atoms with Gasteiger partial charge in [-0.25, -0.2) is 8.78 Å². The zero-order chi connectivity index (χ0) is 13.9. The molecule has 1 aromatic rings. The molecule has 1 heterocycles. The highest BCUT2D eigenvalue weighted by atomic mass is 19.1. The number of ether oxygens (including phenoxy) is 1. The average molecular weight is 271 g/mol. The van der Waals surface area contributed by atoms with Crippen molar-refractivity contribution in [3.8, 4) is 0 Å². The van der Waals surface area contributed by atoms with E-state index in [2.05, 4.69) is 5.32 Å². The predicted octanol–water partition coefficient (Wildman–Crippen LogP) is 2.16. The molecule has 1 unspecified atom stereocenters. The van der Waals surface area contributed by atoms with Crippen LogP contribution in [0.1, 0.15) is 31.4 Å². The zero-order valence-corrected chi connectivity index (χ0v) is 11.0. The van der Waals surface area contributed by atoms with E-state index in [0.717, 1.165) is 25.0 Å². The molecule has 0 bridgehead atoms. The second-order valence-electron chi connectivity index (χ2n) is 5.21. The second kappa shape index (κ2) is 5.94. The Balaban J connectivity index is 1.99. The number of hydrogen-bond donors (Lipinski definition) is 2. The number of aliphatic hydroxyl groups is 1. The Hall–Kier alpha value is -1.04. The first kappa shape index (κ1) is 14.4. The van der Waals surface area contributed by atoms with Crippen molar-refractivity contribution in [2.75, 3.05) is 19.8 Å². The molecular formula is C14H19F2NO2. The monoisotopic (exact) mass is 271 g/mol. The van der Waals surface area contributed by atoms with Crippen molar-refractivity contribution in [2.24, 2.45) is 0 Å². The van der Waals surface area contributed by atoms with Gasteiger partial charge in [0.15, 0.2) is 0 Å². The summed E-state index contributed by atoms with van der Waals surface area (Å²) in [5.41, 5.74) is -0.424. The highest BCUT2D eigenvalue weighted by Gasteiger charge is 2.28. The van der Waals surface area contributed by atoms with E-state index < -0.39 is 17.7 Å². The molecule has 3 nitrogen and oxygen atoms in total. The molecule has 1 atom stereocenters. The molecule has 0 amide bonds. The van der Waals surface area contributed by atoms with Crippen LogP contribution < -0.4 is 5.32 Å². The van der Waals surface area contributed by atoms with Crippen LogP contribution in [-0.4, -0.2) is 30.4 Å². The summed E-state index contributed by atoms with van der Waals surface area (Å²) in [5, 5.41) is 13.1. The highest BCUT2D eigenvalue weighted by Crippen LogP contribution is 2.23. The van der Waals surface area contributed by atoms with Gasteiger partial charge in [-0.1, -0.05) is 6.07 Å². The summed E-state index contributed by atoms with van der Waals surface area (Å²) in [4.78, 5) is 0. The molecule has 1 aliphatic heterocycles. The summed E-state index contributed by atoms with van der Waals surface area (Å²) < 4.78 is 32.3. The highest BCUT2D eigenvalue weighted by molar-refractivity contribution is 5.22. The van der Waals surface area contributed by atoms with Gasteiger partial charge in [-0.3, -0.25) is 0 Å². The van der Waals surface area contributed by atoms with Crippen LogP contribution in [0.2, 0.25) is 0 Å². The van der Waals surface area contributed by atoms with Gasteiger partial charge in [-0.05, 0) is 31.9 Å². The van der Waals surface area contributed by atoms with Gasteiger partial charge >= 0.3 is 0 Å². The number of aliphatic hydroxyl groups excluding tert-OH is 1. The van der Waals surface area contributed by atoms with E-state index in [1.54, 1.807) is 0 Å². The predicted molar refractivity (Wildman–Crippen MR) is 67.8 cm³/mol. The molecule has 19 heavy (non-hydrogen) atoms. The fraction of sp³-hybridized carbons (Fsp3) is 0.571. The summed E-state index contributed by atoms with van der Waals surface area (Å²) in [6.07, 6.45) is 0.444. The molecule has 0 saturated carbocycles. The lowest BCUT2D eigenvalue weighted by atomic mass is 9.92. The van der Waals surface area contributed by atoms with Gasteiger partial charge in [0.05, 0.1) is 11.7 Å². The van der Waals surface area contributed by atoms with Gasteiger partial charge in [0.25, 0.3) is 0 Å². The Morgan fingerprint density at radius 1 is 1.32 bits per heavy atom. The van der Waals surface area contributed by atoms with Crippen molar-refractivity contribution in [3.05, 3.63) is 35.4 Å². The van der Waals surface area contributed by atoms with E-state index in [9.17, 15) is 13.9 Å². The number of nitrogens with one attached hydrogen (secondary N) is 1. The Morgan fingerprint density at radius 2 is 1.89 bits per heavy atom. The van der Waals surface area contributed by atoms with Gasteiger partial charge in [0.1, 0.15) is 11.6 Å². The lowest BCUT2D eigenvalue weighted by Crippen LogP contribution is -2.48. The summed E-state index contributed by atoms with van der Waals surface area (Å²) in [6.45, 7) is 3.47. The van der Waals surface area contributed by atoms with Crippen molar-refractivity contribution < 1.29 is 18.6 Å². The fourth-order valence-corrected chi connectivity index (χ4v) is 2.27. The van der Waals surface area contributed by atoms with Crippen molar-refractivity contribution in [3.63, 3.8) is 0 Å². The first-order valence-electron chi connectivity index (χ1n) is 6.47. The molecule has 5 heteroatoms. The molecule has 0 aliphatic carbocycles. The first-order valence-corrected chi connectivity index (χ1v) is 6.47. The molecule has 1 fully saturated rings. The third kappa shape index (κ3) is 3.49. The number of halogens is 2. The van der Waals surface area contributed by atoms with Crippen LogP contribution >= 0.6 is 0 Å².